The molecule has 1 heterocycles. The van der Waals surface area contributed by atoms with Crippen molar-refractivity contribution < 1.29 is 19.7 Å². The Bertz CT molecular complexity index is 556. The third-order valence-electron chi connectivity index (χ3n) is 5.31. The molecule has 0 saturated carbocycles. The van der Waals surface area contributed by atoms with Crippen LogP contribution in [0.1, 0.15) is 59.3 Å². The Morgan fingerprint density at radius 2 is 1.92 bits per heavy atom. The highest BCUT2D eigenvalue weighted by atomic mass is 16.6. The molecule has 0 spiro atoms. The van der Waals surface area contributed by atoms with Crippen LogP contribution in [0.5, 0.6) is 0 Å². The Balaban J connectivity index is 2.25. The molecule has 0 aromatic rings. The molecule has 0 aromatic heterocycles. The van der Waals surface area contributed by atoms with E-state index in [1.165, 1.54) is 11.1 Å². The zero-order chi connectivity index (χ0) is 17.9. The van der Waals surface area contributed by atoms with Gasteiger partial charge < -0.3 is 14.9 Å². The summed E-state index contributed by atoms with van der Waals surface area (Å²) in [5, 5.41) is 21.1. The minimum Gasteiger partial charge on any atom is -0.458 e. The summed E-state index contributed by atoms with van der Waals surface area (Å²) in [6.07, 6.45) is 7.15. The molecule has 4 heteroatoms. The Morgan fingerprint density at radius 3 is 2.62 bits per heavy atom. The number of carbonyl (C=O) groups is 1. The number of fused-ring (bicyclic) bond motifs is 1. The normalized spacial score (nSPS) is 40.6. The summed E-state index contributed by atoms with van der Waals surface area (Å²) in [5.41, 5.74) is 1.69. The van der Waals surface area contributed by atoms with Gasteiger partial charge in [0.1, 0.15) is 6.10 Å². The minimum atomic E-state index is -1.29. The lowest BCUT2D eigenvalue weighted by Crippen LogP contribution is -2.43. The number of rotatable bonds is 0. The monoisotopic (exact) mass is 334 g/mol. The van der Waals surface area contributed by atoms with Crippen molar-refractivity contribution in [1.29, 1.82) is 0 Å². The highest BCUT2D eigenvalue weighted by Gasteiger charge is 2.43. The Kier molecular flexibility index (Phi) is 6.05. The van der Waals surface area contributed by atoms with Gasteiger partial charge >= 0.3 is 5.97 Å². The molecule has 1 saturated heterocycles. The van der Waals surface area contributed by atoms with Gasteiger partial charge in [0.15, 0.2) is 0 Å². The molecule has 1 aliphatic carbocycles. The molecule has 1 fully saturated rings. The number of aliphatic hydroxyl groups is 2. The van der Waals surface area contributed by atoms with E-state index in [0.29, 0.717) is 18.4 Å². The maximum absolute atomic E-state index is 11.9. The van der Waals surface area contributed by atoms with E-state index in [4.69, 9.17) is 4.74 Å². The van der Waals surface area contributed by atoms with Crippen molar-refractivity contribution in [2.24, 2.45) is 5.92 Å². The Labute approximate surface area is 144 Å². The van der Waals surface area contributed by atoms with Gasteiger partial charge in [-0.25, -0.2) is 4.79 Å². The molecule has 1 aliphatic heterocycles. The van der Waals surface area contributed by atoms with Crippen LogP contribution in [0.15, 0.2) is 35.5 Å². The van der Waals surface area contributed by atoms with Gasteiger partial charge in [-0.2, -0.15) is 0 Å². The predicted octanol–water partition coefficient (Wildman–Crippen LogP) is 3.44. The number of ether oxygens (including phenoxy) is 1. The van der Waals surface area contributed by atoms with Crippen molar-refractivity contribution in [3.8, 4) is 0 Å². The maximum Gasteiger partial charge on any atom is 0.334 e. The summed E-state index contributed by atoms with van der Waals surface area (Å²) in [4.78, 5) is 11.9. The van der Waals surface area contributed by atoms with Crippen LogP contribution in [0.4, 0.5) is 0 Å². The molecule has 0 unspecified atom stereocenters. The quantitative estimate of drug-likeness (QED) is 0.404. The molecule has 2 rings (SSSR count). The van der Waals surface area contributed by atoms with E-state index in [2.05, 4.69) is 32.6 Å². The molecule has 0 amide bonds. The zero-order valence-electron chi connectivity index (χ0n) is 15.0. The minimum absolute atomic E-state index is 0.133. The molecule has 4 atom stereocenters. The number of carbonyl (C=O) groups excluding carboxylic acids is 1. The topological polar surface area (TPSA) is 66.8 Å². The van der Waals surface area contributed by atoms with Gasteiger partial charge in [-0.05, 0) is 52.9 Å². The zero-order valence-corrected chi connectivity index (χ0v) is 15.0. The first-order chi connectivity index (χ1) is 11.2. The molecule has 134 valence electrons. The van der Waals surface area contributed by atoms with Crippen LogP contribution in [0, 0.1) is 5.92 Å². The standard InChI is InChI=1S/C20H30O4/c1-13-6-5-7-14(2)9-11-18(21)20(4,23)12-17-16(10-8-13)15(3)19(22)24-17/h7-8,16-18,21,23H,3,5-6,9-12H2,1-2,4H3/b13-8+,14-7+/t16-,17+,18+,20-/m1/s1. The third-order valence-corrected chi connectivity index (χ3v) is 5.31. The summed E-state index contributed by atoms with van der Waals surface area (Å²) in [7, 11) is 0. The van der Waals surface area contributed by atoms with E-state index < -0.39 is 17.8 Å². The number of allylic oxidation sites excluding steroid dienone is 4. The van der Waals surface area contributed by atoms with E-state index in [9.17, 15) is 15.0 Å². The largest absolute Gasteiger partial charge is 0.458 e. The van der Waals surface area contributed by atoms with Crippen LogP contribution in [0.2, 0.25) is 0 Å². The lowest BCUT2D eigenvalue weighted by molar-refractivity contribution is -0.144. The molecule has 2 aliphatic rings. The SMILES string of the molecule is C=C1C(=O)O[C@H]2C[C@@](C)(O)[C@@H](O)CC/C(C)=C/CC/C(C)=C/C[C@H]12. The van der Waals surface area contributed by atoms with E-state index in [1.807, 2.05) is 0 Å². The molecular formula is C20H30O4. The van der Waals surface area contributed by atoms with Gasteiger partial charge in [0.05, 0.1) is 11.7 Å². The van der Waals surface area contributed by atoms with Gasteiger partial charge in [-0.15, -0.1) is 0 Å². The third kappa shape index (κ3) is 4.58. The molecule has 24 heavy (non-hydrogen) atoms. The smallest absolute Gasteiger partial charge is 0.334 e. The van der Waals surface area contributed by atoms with Crippen molar-refractivity contribution in [2.75, 3.05) is 0 Å². The fraction of sp³-hybridized carbons (Fsp3) is 0.650. The van der Waals surface area contributed by atoms with Gasteiger partial charge in [-0.1, -0.05) is 29.9 Å². The van der Waals surface area contributed by atoms with Crippen LogP contribution in [0.3, 0.4) is 0 Å². The van der Waals surface area contributed by atoms with Crippen molar-refractivity contribution in [3.05, 3.63) is 35.5 Å². The van der Waals surface area contributed by atoms with Crippen molar-refractivity contribution in [3.63, 3.8) is 0 Å². The number of esters is 1. The number of aliphatic hydroxyl groups excluding tert-OH is 1. The van der Waals surface area contributed by atoms with E-state index >= 15 is 0 Å². The molecule has 0 radical (unpaired) electrons. The maximum atomic E-state index is 11.9. The summed E-state index contributed by atoms with van der Waals surface area (Å²) in [6, 6.07) is 0. The van der Waals surface area contributed by atoms with E-state index in [1.54, 1.807) is 6.92 Å². The van der Waals surface area contributed by atoms with Gasteiger partial charge in [0.25, 0.3) is 0 Å². The summed E-state index contributed by atoms with van der Waals surface area (Å²) in [6.45, 7) is 9.65. The second-order valence-electron chi connectivity index (χ2n) is 7.57. The van der Waals surface area contributed by atoms with Crippen LogP contribution < -0.4 is 0 Å². The van der Waals surface area contributed by atoms with Crippen molar-refractivity contribution in [1.82, 2.24) is 0 Å². The fourth-order valence-corrected chi connectivity index (χ4v) is 3.45. The lowest BCUT2D eigenvalue weighted by Gasteiger charge is -2.32. The molecule has 0 aromatic carbocycles. The van der Waals surface area contributed by atoms with Crippen LogP contribution in [-0.2, 0) is 9.53 Å². The fourth-order valence-electron chi connectivity index (χ4n) is 3.45. The number of hydrogen-bond donors (Lipinski definition) is 2. The van der Waals surface area contributed by atoms with Gasteiger partial charge in [0, 0.05) is 17.9 Å². The Morgan fingerprint density at radius 1 is 1.25 bits per heavy atom. The van der Waals surface area contributed by atoms with E-state index in [-0.39, 0.29) is 18.3 Å². The van der Waals surface area contributed by atoms with Crippen LogP contribution in [0.25, 0.3) is 0 Å². The lowest BCUT2D eigenvalue weighted by atomic mass is 9.82. The molecule has 4 nitrogen and oxygen atoms in total. The van der Waals surface area contributed by atoms with Crippen LogP contribution >= 0.6 is 0 Å². The van der Waals surface area contributed by atoms with Gasteiger partial charge in [-0.3, -0.25) is 0 Å². The van der Waals surface area contributed by atoms with Crippen molar-refractivity contribution in [2.45, 2.75) is 77.1 Å². The predicted molar refractivity (Wildman–Crippen MR) is 94.4 cm³/mol. The first-order valence-corrected chi connectivity index (χ1v) is 8.82. The molecule has 0 bridgehead atoms. The first-order valence-electron chi connectivity index (χ1n) is 8.82. The summed E-state index contributed by atoms with van der Waals surface area (Å²) < 4.78 is 5.43. The highest BCUT2D eigenvalue weighted by molar-refractivity contribution is 5.90. The molecule has 2 N–H and O–H groups in total. The average Bonchev–Trinajstić information content (AvgIpc) is 2.75. The average molecular weight is 334 g/mol. The highest BCUT2D eigenvalue weighted by Crippen LogP contribution is 2.36. The second-order valence-corrected chi connectivity index (χ2v) is 7.57. The van der Waals surface area contributed by atoms with E-state index in [0.717, 1.165) is 19.3 Å². The summed E-state index contributed by atoms with van der Waals surface area (Å²) in [5.74, 6) is -0.519. The number of hydrogen-bond acceptors (Lipinski definition) is 4. The second kappa shape index (κ2) is 7.66. The first kappa shape index (κ1) is 18.9. The van der Waals surface area contributed by atoms with Crippen LogP contribution in [-0.4, -0.2) is 34.0 Å². The molecular weight excluding hydrogens is 304 g/mol. The Hall–Kier alpha value is -1.39. The van der Waals surface area contributed by atoms with Gasteiger partial charge in [0.2, 0.25) is 0 Å². The van der Waals surface area contributed by atoms with Crippen molar-refractivity contribution >= 4 is 5.97 Å². The summed E-state index contributed by atoms with van der Waals surface area (Å²) >= 11 is 0.